The van der Waals surface area contributed by atoms with Crippen molar-refractivity contribution >= 4 is 17.5 Å². The van der Waals surface area contributed by atoms with Crippen molar-refractivity contribution in [2.75, 3.05) is 13.7 Å². The molecular weight excluding hydrogens is 343 g/mol. The van der Waals surface area contributed by atoms with Gasteiger partial charge >= 0.3 is 0 Å². The summed E-state index contributed by atoms with van der Waals surface area (Å²) >= 11 is 5.63. The van der Waals surface area contributed by atoms with Gasteiger partial charge in [-0.3, -0.25) is 4.79 Å². The Morgan fingerprint density at radius 1 is 1.12 bits per heavy atom. The van der Waals surface area contributed by atoms with E-state index in [1.165, 1.54) is 30.1 Å². The van der Waals surface area contributed by atoms with Gasteiger partial charge < -0.3 is 9.64 Å². The molecule has 0 spiro atoms. The Morgan fingerprint density at radius 3 is 2.42 bits per heavy atom. The highest BCUT2D eigenvalue weighted by atomic mass is 35.5. The van der Waals surface area contributed by atoms with Gasteiger partial charge in [-0.05, 0) is 36.8 Å². The maximum atomic E-state index is 13.3. The Bertz CT molecular complexity index is 755. The van der Waals surface area contributed by atoms with Crippen LogP contribution in [0.3, 0.4) is 0 Å². The highest BCUT2D eigenvalue weighted by Crippen LogP contribution is 2.23. The third-order valence-electron chi connectivity index (χ3n) is 3.65. The first-order valence-corrected chi connectivity index (χ1v) is 7.46. The van der Waals surface area contributed by atoms with E-state index in [1.807, 2.05) is 0 Å². The molecule has 0 aliphatic carbocycles. The van der Waals surface area contributed by atoms with Crippen molar-refractivity contribution in [2.45, 2.75) is 13.0 Å². The first kappa shape index (κ1) is 18.1. The predicted octanol–water partition coefficient (Wildman–Crippen LogP) is 4.36. The summed E-state index contributed by atoms with van der Waals surface area (Å²) in [6.07, 6.45) is 0. The summed E-state index contributed by atoms with van der Waals surface area (Å²) in [5.41, 5.74) is 0.453. The van der Waals surface area contributed by atoms with Gasteiger partial charge in [-0.25, -0.2) is 13.2 Å². The van der Waals surface area contributed by atoms with Crippen molar-refractivity contribution in [1.82, 2.24) is 4.90 Å². The number of nitrogens with zero attached hydrogens (tertiary/aromatic N) is 1. The van der Waals surface area contributed by atoms with E-state index in [9.17, 15) is 18.0 Å². The second kappa shape index (κ2) is 7.57. The number of halogens is 4. The number of likely N-dealkylation sites (N-methyl/N-ethyl adjacent to an activating group) is 1. The summed E-state index contributed by atoms with van der Waals surface area (Å²) in [5.74, 6) is -2.63. The second-order valence-corrected chi connectivity index (χ2v) is 5.63. The lowest BCUT2D eigenvalue weighted by Gasteiger charge is -2.25. The van der Waals surface area contributed by atoms with Crippen LogP contribution in [0.5, 0.6) is 5.75 Å². The number of rotatable bonds is 5. The smallest absolute Gasteiger partial charge is 0.260 e. The zero-order valence-corrected chi connectivity index (χ0v) is 13.8. The maximum absolute atomic E-state index is 13.3. The zero-order valence-electron chi connectivity index (χ0n) is 13.0. The van der Waals surface area contributed by atoms with Crippen LogP contribution in [-0.2, 0) is 4.79 Å². The van der Waals surface area contributed by atoms with Crippen LogP contribution in [-0.4, -0.2) is 24.5 Å². The molecule has 0 fully saturated rings. The molecule has 2 aromatic rings. The van der Waals surface area contributed by atoms with E-state index in [0.29, 0.717) is 5.56 Å². The van der Waals surface area contributed by atoms with E-state index in [-0.39, 0.29) is 23.3 Å². The van der Waals surface area contributed by atoms with Gasteiger partial charge in [0.25, 0.3) is 5.91 Å². The number of hydrogen-bond donors (Lipinski definition) is 0. The molecule has 1 atom stereocenters. The monoisotopic (exact) mass is 357 g/mol. The van der Waals surface area contributed by atoms with Crippen molar-refractivity contribution < 1.29 is 22.7 Å². The Kier molecular flexibility index (Phi) is 5.72. The van der Waals surface area contributed by atoms with Gasteiger partial charge in [0.15, 0.2) is 18.2 Å². The average Bonchev–Trinajstić information content (AvgIpc) is 2.56. The molecule has 0 saturated carbocycles. The topological polar surface area (TPSA) is 29.5 Å². The molecule has 0 radical (unpaired) electrons. The molecule has 2 aromatic carbocycles. The van der Waals surface area contributed by atoms with E-state index in [1.54, 1.807) is 6.92 Å². The fourth-order valence-electron chi connectivity index (χ4n) is 2.03. The summed E-state index contributed by atoms with van der Waals surface area (Å²) < 4.78 is 44.6. The zero-order chi connectivity index (χ0) is 17.9. The molecule has 0 N–H and O–H groups in total. The fraction of sp³-hybridized carbons (Fsp3) is 0.235. The summed E-state index contributed by atoms with van der Waals surface area (Å²) in [4.78, 5) is 13.5. The number of carbonyl (C=O) groups excluding carboxylic acids is 1. The molecule has 0 bridgehead atoms. The summed E-state index contributed by atoms with van der Waals surface area (Å²) in [6.45, 7) is 1.38. The minimum absolute atomic E-state index is 0.108. The molecule has 3 nitrogen and oxygen atoms in total. The number of hydrogen-bond acceptors (Lipinski definition) is 2. The van der Waals surface area contributed by atoms with Crippen LogP contribution in [0.25, 0.3) is 0 Å². The quantitative estimate of drug-likeness (QED) is 0.796. The Hall–Kier alpha value is -2.21. The largest absolute Gasteiger partial charge is 0.484 e. The Labute approximate surface area is 142 Å². The molecule has 128 valence electrons. The van der Waals surface area contributed by atoms with Crippen molar-refractivity contribution in [3.63, 3.8) is 0 Å². The molecule has 24 heavy (non-hydrogen) atoms. The van der Waals surface area contributed by atoms with E-state index in [4.69, 9.17) is 16.3 Å². The maximum Gasteiger partial charge on any atom is 0.260 e. The Balaban J connectivity index is 2.00. The van der Waals surface area contributed by atoms with Crippen LogP contribution < -0.4 is 4.74 Å². The lowest BCUT2D eigenvalue weighted by atomic mass is 10.1. The lowest BCUT2D eigenvalue weighted by molar-refractivity contribution is -0.134. The molecule has 1 amide bonds. The highest BCUT2D eigenvalue weighted by molar-refractivity contribution is 6.30. The van der Waals surface area contributed by atoms with Crippen LogP contribution in [0.4, 0.5) is 13.2 Å². The van der Waals surface area contributed by atoms with Gasteiger partial charge in [0.1, 0.15) is 11.6 Å². The third kappa shape index (κ3) is 4.20. The van der Waals surface area contributed by atoms with Gasteiger partial charge in [0.2, 0.25) is 0 Å². The number of benzene rings is 2. The van der Waals surface area contributed by atoms with Crippen molar-refractivity contribution in [2.24, 2.45) is 0 Å². The van der Waals surface area contributed by atoms with Gasteiger partial charge in [-0.1, -0.05) is 17.7 Å². The minimum Gasteiger partial charge on any atom is -0.484 e. The van der Waals surface area contributed by atoms with E-state index < -0.39 is 23.5 Å². The van der Waals surface area contributed by atoms with Gasteiger partial charge in [0, 0.05) is 13.1 Å². The minimum atomic E-state index is -0.975. The predicted molar refractivity (Wildman–Crippen MR) is 84.4 cm³/mol. The normalized spacial score (nSPS) is 11.9. The van der Waals surface area contributed by atoms with E-state index in [0.717, 1.165) is 18.2 Å². The van der Waals surface area contributed by atoms with E-state index in [2.05, 4.69) is 0 Å². The third-order valence-corrected chi connectivity index (χ3v) is 3.94. The van der Waals surface area contributed by atoms with Gasteiger partial charge in [-0.15, -0.1) is 0 Å². The fourth-order valence-corrected chi connectivity index (χ4v) is 2.20. The molecule has 2 rings (SSSR count). The lowest BCUT2D eigenvalue weighted by Crippen LogP contribution is -2.33. The standard InChI is InChI=1S/C17H15ClF3NO2/c1-10(11-3-5-15(20)16(21)7-11)22(2)17(23)9-24-12-4-6-14(19)13(18)8-12/h3-8,10H,9H2,1-2H3. The molecule has 0 saturated heterocycles. The van der Waals surface area contributed by atoms with Crippen LogP contribution in [0.15, 0.2) is 36.4 Å². The first-order chi connectivity index (χ1) is 11.3. The van der Waals surface area contributed by atoms with Crippen LogP contribution >= 0.6 is 11.6 Å². The molecule has 0 aliphatic heterocycles. The second-order valence-electron chi connectivity index (χ2n) is 5.22. The van der Waals surface area contributed by atoms with Crippen molar-refractivity contribution in [3.05, 3.63) is 64.4 Å². The summed E-state index contributed by atoms with van der Waals surface area (Å²) in [7, 11) is 1.52. The van der Waals surface area contributed by atoms with Crippen LogP contribution in [0.1, 0.15) is 18.5 Å². The van der Waals surface area contributed by atoms with Crippen LogP contribution in [0.2, 0.25) is 5.02 Å². The average molecular weight is 358 g/mol. The summed E-state index contributed by atoms with van der Waals surface area (Å²) in [6, 6.07) is 6.74. The molecule has 0 aliphatic rings. The summed E-state index contributed by atoms with van der Waals surface area (Å²) in [5, 5.41) is -0.108. The number of amides is 1. The molecule has 0 heterocycles. The molecule has 1 unspecified atom stereocenters. The van der Waals surface area contributed by atoms with Gasteiger partial charge in [-0.2, -0.15) is 0 Å². The molecular formula is C17H15ClF3NO2. The van der Waals surface area contributed by atoms with Gasteiger partial charge in [0.05, 0.1) is 11.1 Å². The van der Waals surface area contributed by atoms with Crippen LogP contribution in [0, 0.1) is 17.5 Å². The molecule has 0 aromatic heterocycles. The Morgan fingerprint density at radius 2 is 1.79 bits per heavy atom. The van der Waals surface area contributed by atoms with E-state index >= 15 is 0 Å². The highest BCUT2D eigenvalue weighted by Gasteiger charge is 2.19. The van der Waals surface area contributed by atoms with Crippen molar-refractivity contribution in [1.29, 1.82) is 0 Å². The van der Waals surface area contributed by atoms with Crippen molar-refractivity contribution in [3.8, 4) is 5.75 Å². The number of carbonyl (C=O) groups is 1. The SMILES string of the molecule is CC(c1ccc(F)c(F)c1)N(C)C(=O)COc1ccc(F)c(Cl)c1. The number of ether oxygens (including phenoxy) is 1. The molecule has 7 heteroatoms. The first-order valence-electron chi connectivity index (χ1n) is 7.08.